The molecule has 1 aromatic heterocycles. The van der Waals surface area contributed by atoms with Gasteiger partial charge in [0.05, 0.1) is 17.9 Å². The number of aromatic nitrogens is 3. The SMILES string of the molecule is CCOC(=O)c1cccc(CC(=O)CSc2nnc(CCc3ccc(C)cc3)n2CC)c1. The van der Waals surface area contributed by atoms with Crippen LogP contribution in [0.3, 0.4) is 0 Å². The van der Waals surface area contributed by atoms with Crippen LogP contribution in [-0.2, 0) is 35.3 Å². The molecule has 0 fully saturated rings. The maximum Gasteiger partial charge on any atom is 0.338 e. The lowest BCUT2D eigenvalue weighted by Crippen LogP contribution is -2.10. The van der Waals surface area contributed by atoms with Crippen LogP contribution in [-0.4, -0.2) is 38.9 Å². The Kier molecular flexibility index (Phi) is 8.62. The Morgan fingerprint density at radius 3 is 2.50 bits per heavy atom. The summed E-state index contributed by atoms with van der Waals surface area (Å²) in [6, 6.07) is 15.6. The largest absolute Gasteiger partial charge is 0.462 e. The molecule has 0 amide bonds. The molecule has 6 nitrogen and oxygen atoms in total. The fraction of sp³-hybridized carbons (Fsp3) is 0.360. The predicted octanol–water partition coefficient (Wildman–Crippen LogP) is 4.47. The number of esters is 1. The molecule has 168 valence electrons. The molecule has 32 heavy (non-hydrogen) atoms. The van der Waals surface area contributed by atoms with E-state index < -0.39 is 0 Å². The lowest BCUT2D eigenvalue weighted by Gasteiger charge is -2.08. The van der Waals surface area contributed by atoms with E-state index in [9.17, 15) is 9.59 Å². The van der Waals surface area contributed by atoms with Crippen molar-refractivity contribution >= 4 is 23.5 Å². The van der Waals surface area contributed by atoms with Crippen LogP contribution in [0.1, 0.15) is 46.7 Å². The molecule has 0 aliphatic rings. The lowest BCUT2D eigenvalue weighted by molar-refractivity contribution is -0.116. The number of nitrogens with zero attached hydrogens (tertiary/aromatic N) is 3. The topological polar surface area (TPSA) is 74.1 Å². The van der Waals surface area contributed by atoms with Crippen molar-refractivity contribution < 1.29 is 14.3 Å². The molecular formula is C25H29N3O3S. The molecule has 0 N–H and O–H groups in total. The van der Waals surface area contributed by atoms with E-state index in [2.05, 4.69) is 52.9 Å². The number of ether oxygens (including phenoxy) is 1. The summed E-state index contributed by atoms with van der Waals surface area (Å²) < 4.78 is 7.11. The zero-order valence-corrected chi connectivity index (χ0v) is 19.7. The molecule has 0 bridgehead atoms. The van der Waals surface area contributed by atoms with Gasteiger partial charge < -0.3 is 9.30 Å². The van der Waals surface area contributed by atoms with Gasteiger partial charge in [-0.3, -0.25) is 4.79 Å². The van der Waals surface area contributed by atoms with Crippen molar-refractivity contribution in [1.82, 2.24) is 14.8 Å². The molecule has 0 unspecified atom stereocenters. The summed E-state index contributed by atoms with van der Waals surface area (Å²) in [5, 5.41) is 9.44. The normalized spacial score (nSPS) is 10.8. The van der Waals surface area contributed by atoms with Gasteiger partial charge >= 0.3 is 5.97 Å². The first kappa shape index (κ1) is 23.7. The van der Waals surface area contributed by atoms with Gasteiger partial charge in [0.2, 0.25) is 0 Å². The van der Waals surface area contributed by atoms with E-state index in [1.54, 1.807) is 25.1 Å². The number of aryl methyl sites for hydroxylation is 3. The molecule has 0 radical (unpaired) electrons. The second-order valence-electron chi connectivity index (χ2n) is 7.55. The number of ketones is 1. The van der Waals surface area contributed by atoms with Crippen molar-refractivity contribution in [3.8, 4) is 0 Å². The number of hydrogen-bond donors (Lipinski definition) is 0. The lowest BCUT2D eigenvalue weighted by atomic mass is 10.1. The summed E-state index contributed by atoms with van der Waals surface area (Å²) in [4.78, 5) is 24.4. The van der Waals surface area contributed by atoms with Crippen LogP contribution >= 0.6 is 11.8 Å². The predicted molar refractivity (Wildman–Crippen MR) is 126 cm³/mol. The Bertz CT molecular complexity index is 1060. The van der Waals surface area contributed by atoms with Crippen LogP contribution in [0.5, 0.6) is 0 Å². The first-order valence-electron chi connectivity index (χ1n) is 10.9. The van der Waals surface area contributed by atoms with Gasteiger partial charge in [0.25, 0.3) is 0 Å². The van der Waals surface area contributed by atoms with Crippen molar-refractivity contribution in [3.05, 3.63) is 76.6 Å². The van der Waals surface area contributed by atoms with Crippen molar-refractivity contribution in [2.75, 3.05) is 12.4 Å². The second-order valence-corrected chi connectivity index (χ2v) is 8.50. The van der Waals surface area contributed by atoms with Gasteiger partial charge in [-0.05, 0) is 50.5 Å². The average molecular weight is 452 g/mol. The van der Waals surface area contributed by atoms with Crippen molar-refractivity contribution in [3.63, 3.8) is 0 Å². The molecule has 3 aromatic rings. The zero-order valence-electron chi connectivity index (χ0n) is 18.8. The van der Waals surface area contributed by atoms with Crippen LogP contribution in [0.4, 0.5) is 0 Å². The Balaban J connectivity index is 1.56. The third-order valence-corrected chi connectivity index (χ3v) is 6.10. The molecule has 0 atom stereocenters. The van der Waals surface area contributed by atoms with Gasteiger partial charge in [0.15, 0.2) is 5.16 Å². The average Bonchev–Trinajstić information content (AvgIpc) is 3.19. The van der Waals surface area contributed by atoms with E-state index in [0.717, 1.165) is 35.9 Å². The minimum atomic E-state index is -0.370. The number of Topliss-reactive ketones (excluding diaryl/α,β-unsaturated/α-hetero) is 1. The third kappa shape index (κ3) is 6.53. The molecular weight excluding hydrogens is 422 g/mol. The Labute approximate surface area is 193 Å². The first-order chi connectivity index (χ1) is 15.5. The molecule has 0 aliphatic carbocycles. The Hall–Kier alpha value is -2.93. The van der Waals surface area contributed by atoms with Crippen LogP contribution < -0.4 is 0 Å². The summed E-state index contributed by atoms with van der Waals surface area (Å²) >= 11 is 1.41. The molecule has 0 saturated heterocycles. The highest BCUT2D eigenvalue weighted by Gasteiger charge is 2.14. The smallest absolute Gasteiger partial charge is 0.338 e. The van der Waals surface area contributed by atoms with E-state index in [0.29, 0.717) is 17.9 Å². The van der Waals surface area contributed by atoms with Gasteiger partial charge in [-0.15, -0.1) is 10.2 Å². The minimum Gasteiger partial charge on any atom is -0.462 e. The molecule has 1 heterocycles. The van der Waals surface area contributed by atoms with E-state index in [1.807, 2.05) is 6.07 Å². The fourth-order valence-corrected chi connectivity index (χ4v) is 4.27. The van der Waals surface area contributed by atoms with Gasteiger partial charge in [-0.25, -0.2) is 4.79 Å². The standard InChI is InChI=1S/C25H29N3O3S/c1-4-28-23(14-13-19-11-9-18(3)10-12-19)26-27-25(28)32-17-22(29)16-20-7-6-8-21(15-20)24(30)31-5-2/h6-12,15H,4-5,13-14,16-17H2,1-3H3. The number of benzene rings is 2. The quantitative estimate of drug-likeness (QED) is 0.316. The molecule has 0 spiro atoms. The highest BCUT2D eigenvalue weighted by atomic mass is 32.2. The fourth-order valence-electron chi connectivity index (χ4n) is 3.39. The van der Waals surface area contributed by atoms with Crippen molar-refractivity contribution in [2.24, 2.45) is 0 Å². The Morgan fingerprint density at radius 1 is 1.00 bits per heavy atom. The molecule has 0 saturated carbocycles. The summed E-state index contributed by atoms with van der Waals surface area (Å²) in [6.45, 7) is 6.99. The van der Waals surface area contributed by atoms with E-state index >= 15 is 0 Å². The Morgan fingerprint density at radius 2 is 1.78 bits per heavy atom. The van der Waals surface area contributed by atoms with Crippen LogP contribution in [0.15, 0.2) is 53.7 Å². The zero-order chi connectivity index (χ0) is 22.9. The molecule has 7 heteroatoms. The van der Waals surface area contributed by atoms with Crippen LogP contribution in [0.25, 0.3) is 0 Å². The van der Waals surface area contributed by atoms with E-state index in [4.69, 9.17) is 4.74 Å². The number of rotatable bonds is 11. The highest BCUT2D eigenvalue weighted by molar-refractivity contribution is 7.99. The highest BCUT2D eigenvalue weighted by Crippen LogP contribution is 2.19. The summed E-state index contributed by atoms with van der Waals surface area (Å²) in [5.41, 5.74) is 3.79. The van der Waals surface area contributed by atoms with Crippen LogP contribution in [0, 0.1) is 6.92 Å². The number of thioether (sulfide) groups is 1. The maximum absolute atomic E-state index is 12.5. The summed E-state index contributed by atoms with van der Waals surface area (Å²) in [7, 11) is 0. The monoisotopic (exact) mass is 451 g/mol. The van der Waals surface area contributed by atoms with Crippen molar-refractivity contribution in [2.45, 2.75) is 51.7 Å². The second kappa shape index (κ2) is 11.6. The van der Waals surface area contributed by atoms with Gasteiger partial charge in [0.1, 0.15) is 11.6 Å². The molecule has 0 aliphatic heterocycles. The third-order valence-electron chi connectivity index (χ3n) is 5.07. The van der Waals surface area contributed by atoms with Crippen molar-refractivity contribution in [1.29, 1.82) is 0 Å². The number of carbonyl (C=O) groups excluding carboxylic acids is 2. The number of hydrogen-bond acceptors (Lipinski definition) is 6. The van der Waals surface area contributed by atoms with Gasteiger partial charge in [-0.2, -0.15) is 0 Å². The van der Waals surface area contributed by atoms with Crippen LogP contribution in [0.2, 0.25) is 0 Å². The maximum atomic E-state index is 12.5. The summed E-state index contributed by atoms with van der Waals surface area (Å²) in [6.07, 6.45) is 1.97. The first-order valence-corrected chi connectivity index (χ1v) is 11.9. The van der Waals surface area contributed by atoms with E-state index in [1.165, 1.54) is 22.9 Å². The molecule has 3 rings (SSSR count). The number of carbonyl (C=O) groups is 2. The van der Waals surface area contributed by atoms with E-state index in [-0.39, 0.29) is 18.2 Å². The minimum absolute atomic E-state index is 0.0721. The summed E-state index contributed by atoms with van der Waals surface area (Å²) in [5.74, 6) is 0.943. The van der Waals surface area contributed by atoms with Gasteiger partial charge in [-0.1, -0.05) is 53.7 Å². The van der Waals surface area contributed by atoms with Gasteiger partial charge in [0, 0.05) is 19.4 Å². The molecule has 2 aromatic carbocycles.